The molecule has 2 heteroatoms. The number of hydrogen-bond donors (Lipinski definition) is 0. The molecule has 0 N–H and O–H groups in total. The van der Waals surface area contributed by atoms with Gasteiger partial charge in [-0.1, -0.05) is 12.2 Å². The largest absolute Gasteiger partial charge is 0.298 e. The van der Waals surface area contributed by atoms with E-state index >= 15 is 0 Å². The summed E-state index contributed by atoms with van der Waals surface area (Å²) in [6.45, 7) is 0. The summed E-state index contributed by atoms with van der Waals surface area (Å²) in [6.07, 6.45) is 8.78. The molecule has 0 unspecified atom stereocenters. The van der Waals surface area contributed by atoms with Gasteiger partial charge < -0.3 is 0 Å². The van der Waals surface area contributed by atoms with E-state index in [1.807, 2.05) is 12.2 Å². The van der Waals surface area contributed by atoms with Crippen molar-refractivity contribution in [1.82, 2.24) is 0 Å². The topological polar surface area (TPSA) is 34.1 Å². The first-order valence-electron chi connectivity index (χ1n) is 4.15. The zero-order chi connectivity index (χ0) is 8.81. The molecule has 0 bridgehead atoms. The Morgan fingerprint density at radius 2 is 1.33 bits per heavy atom. The molecule has 0 amide bonds. The molecule has 0 saturated heterocycles. The van der Waals surface area contributed by atoms with Crippen molar-refractivity contribution in [1.29, 1.82) is 0 Å². The lowest BCUT2D eigenvalue weighted by Crippen LogP contribution is -1.92. The van der Waals surface area contributed by atoms with Gasteiger partial charge in [0, 0.05) is 0 Å². The second kappa shape index (κ2) is 4.65. The average Bonchev–Trinajstić information content (AvgIpc) is 2.05. The van der Waals surface area contributed by atoms with E-state index in [9.17, 15) is 9.59 Å². The maximum Gasteiger partial charge on any atom is 0.145 e. The molecular weight excluding hydrogens is 152 g/mol. The molecule has 2 nitrogen and oxygen atoms in total. The highest BCUT2D eigenvalue weighted by Crippen LogP contribution is 2.14. The predicted octanol–water partition coefficient (Wildman–Crippen LogP) is 1.81. The molecule has 0 heterocycles. The van der Waals surface area contributed by atoms with Gasteiger partial charge in [0.15, 0.2) is 0 Å². The molecule has 1 aliphatic carbocycles. The second-order valence-electron chi connectivity index (χ2n) is 2.87. The quantitative estimate of drug-likeness (QED) is 0.583. The zero-order valence-corrected chi connectivity index (χ0v) is 6.95. The first-order valence-corrected chi connectivity index (χ1v) is 4.15. The summed E-state index contributed by atoms with van der Waals surface area (Å²) in [7, 11) is 0. The van der Waals surface area contributed by atoms with Crippen molar-refractivity contribution in [2.75, 3.05) is 0 Å². The van der Waals surface area contributed by atoms with Crippen molar-refractivity contribution in [3.63, 3.8) is 0 Å². The van der Waals surface area contributed by atoms with E-state index in [0.29, 0.717) is 0 Å². The van der Waals surface area contributed by atoms with Crippen LogP contribution in [0.1, 0.15) is 25.7 Å². The van der Waals surface area contributed by atoms with Crippen molar-refractivity contribution in [3.8, 4) is 0 Å². The van der Waals surface area contributed by atoms with Crippen LogP contribution in [-0.4, -0.2) is 12.6 Å². The van der Waals surface area contributed by atoms with E-state index in [4.69, 9.17) is 0 Å². The minimum Gasteiger partial charge on any atom is -0.298 e. The van der Waals surface area contributed by atoms with Gasteiger partial charge in [-0.25, -0.2) is 0 Å². The molecule has 0 spiro atoms. The summed E-state index contributed by atoms with van der Waals surface area (Å²) in [4.78, 5) is 20.8. The first-order chi connectivity index (χ1) is 5.86. The third kappa shape index (κ3) is 2.46. The molecule has 0 saturated carbocycles. The smallest absolute Gasteiger partial charge is 0.145 e. The van der Waals surface area contributed by atoms with Crippen LogP contribution in [0.15, 0.2) is 23.3 Å². The van der Waals surface area contributed by atoms with Crippen LogP contribution in [0.25, 0.3) is 0 Å². The van der Waals surface area contributed by atoms with Crippen LogP contribution < -0.4 is 0 Å². The molecule has 0 atom stereocenters. The van der Waals surface area contributed by atoms with Gasteiger partial charge in [0.2, 0.25) is 0 Å². The molecule has 0 aromatic carbocycles. The summed E-state index contributed by atoms with van der Waals surface area (Å²) in [5.74, 6) is 0. The Morgan fingerprint density at radius 3 is 1.67 bits per heavy atom. The van der Waals surface area contributed by atoms with Crippen LogP contribution >= 0.6 is 0 Å². The fourth-order valence-electron chi connectivity index (χ4n) is 1.27. The lowest BCUT2D eigenvalue weighted by Gasteiger charge is -2.03. The van der Waals surface area contributed by atoms with Gasteiger partial charge in [0.25, 0.3) is 0 Å². The third-order valence-corrected chi connectivity index (χ3v) is 1.98. The van der Waals surface area contributed by atoms with Gasteiger partial charge in [-0.05, 0) is 36.8 Å². The SMILES string of the molecule is O=C/C1=C/CC/C(C=O)=C\CC1. The predicted molar refractivity (Wildman–Crippen MR) is 46.8 cm³/mol. The van der Waals surface area contributed by atoms with Crippen LogP contribution in [0, 0.1) is 0 Å². The number of carbonyl (C=O) groups is 2. The molecule has 1 aliphatic rings. The third-order valence-electron chi connectivity index (χ3n) is 1.98. The fraction of sp³-hybridized carbons (Fsp3) is 0.400. The number of hydrogen-bond acceptors (Lipinski definition) is 2. The summed E-state index contributed by atoms with van der Waals surface area (Å²) in [5.41, 5.74) is 1.72. The van der Waals surface area contributed by atoms with Crippen molar-refractivity contribution >= 4 is 12.6 Å². The van der Waals surface area contributed by atoms with Gasteiger partial charge in [-0.15, -0.1) is 0 Å². The Hall–Kier alpha value is -1.18. The highest BCUT2D eigenvalue weighted by atomic mass is 16.1. The van der Waals surface area contributed by atoms with Gasteiger partial charge in [-0.3, -0.25) is 9.59 Å². The van der Waals surface area contributed by atoms with Crippen LogP contribution in [-0.2, 0) is 9.59 Å². The minimum atomic E-state index is 0.765. The van der Waals surface area contributed by atoms with E-state index in [-0.39, 0.29) is 0 Å². The standard InChI is InChI=1S/C10H12O2/c11-7-9-3-1-4-10(8-12)6-2-5-9/h3,6-8H,1-2,4-5H2/b9-3+,10-6+. The molecular formula is C10H12O2. The van der Waals surface area contributed by atoms with Crippen LogP contribution in [0.4, 0.5) is 0 Å². The Labute approximate surface area is 72.0 Å². The molecule has 0 radical (unpaired) electrons. The summed E-state index contributed by atoms with van der Waals surface area (Å²) in [6, 6.07) is 0. The van der Waals surface area contributed by atoms with Crippen molar-refractivity contribution < 1.29 is 9.59 Å². The van der Waals surface area contributed by atoms with Gasteiger partial charge in [-0.2, -0.15) is 0 Å². The molecule has 64 valence electrons. The highest BCUT2D eigenvalue weighted by Gasteiger charge is 2.01. The van der Waals surface area contributed by atoms with E-state index in [0.717, 1.165) is 49.4 Å². The second-order valence-corrected chi connectivity index (χ2v) is 2.87. The molecule has 0 fully saturated rings. The summed E-state index contributed by atoms with van der Waals surface area (Å²) in [5, 5.41) is 0. The number of allylic oxidation sites excluding steroid dienone is 4. The summed E-state index contributed by atoms with van der Waals surface area (Å²) >= 11 is 0. The first kappa shape index (κ1) is 8.91. The molecule has 0 aromatic heterocycles. The lowest BCUT2D eigenvalue weighted by atomic mass is 10.0. The molecule has 12 heavy (non-hydrogen) atoms. The van der Waals surface area contributed by atoms with Crippen LogP contribution in [0.5, 0.6) is 0 Å². The summed E-state index contributed by atoms with van der Waals surface area (Å²) < 4.78 is 0. The minimum absolute atomic E-state index is 0.765. The van der Waals surface area contributed by atoms with E-state index < -0.39 is 0 Å². The van der Waals surface area contributed by atoms with Gasteiger partial charge in [0.05, 0.1) is 0 Å². The normalized spacial score (nSPS) is 27.0. The Morgan fingerprint density at radius 1 is 0.917 bits per heavy atom. The average molecular weight is 164 g/mol. The van der Waals surface area contributed by atoms with E-state index in [1.165, 1.54) is 0 Å². The maximum atomic E-state index is 10.4. The van der Waals surface area contributed by atoms with Crippen LogP contribution in [0.3, 0.4) is 0 Å². The van der Waals surface area contributed by atoms with Crippen molar-refractivity contribution in [2.45, 2.75) is 25.7 Å². The number of carbonyl (C=O) groups excluding carboxylic acids is 2. The van der Waals surface area contributed by atoms with Crippen LogP contribution in [0.2, 0.25) is 0 Å². The molecule has 1 rings (SSSR count). The zero-order valence-electron chi connectivity index (χ0n) is 6.95. The monoisotopic (exact) mass is 164 g/mol. The van der Waals surface area contributed by atoms with Gasteiger partial charge in [0.1, 0.15) is 12.6 Å². The fourth-order valence-corrected chi connectivity index (χ4v) is 1.27. The number of aldehydes is 2. The maximum absolute atomic E-state index is 10.4. The van der Waals surface area contributed by atoms with Crippen molar-refractivity contribution in [2.24, 2.45) is 0 Å². The highest BCUT2D eigenvalue weighted by molar-refractivity contribution is 5.75. The Bertz CT molecular complexity index is 210. The lowest BCUT2D eigenvalue weighted by molar-refractivity contribution is -0.105. The Balaban J connectivity index is 2.58. The number of rotatable bonds is 2. The Kier molecular flexibility index (Phi) is 3.45. The van der Waals surface area contributed by atoms with Crippen molar-refractivity contribution in [3.05, 3.63) is 23.3 Å². The van der Waals surface area contributed by atoms with Gasteiger partial charge >= 0.3 is 0 Å². The van der Waals surface area contributed by atoms with E-state index in [2.05, 4.69) is 0 Å². The molecule has 0 aromatic rings. The molecule has 0 aliphatic heterocycles. The van der Waals surface area contributed by atoms with E-state index in [1.54, 1.807) is 0 Å².